The molecule has 10 heteroatoms. The fraction of sp³-hybridized carbons (Fsp3) is 0.735. The molecule has 3 aliphatic heterocycles. The number of hydrogen-bond acceptors (Lipinski definition) is 8. The Balaban J connectivity index is 1.17. The summed E-state index contributed by atoms with van der Waals surface area (Å²) >= 11 is 3.96. The number of anilines is 1. The number of carbonyl (C=O) groups is 1. The SMILES string of the molecule is CCN1CCC(Oc2nc(N3CCC4(CC3)CN(C(=O)OC(C)(C)C)C4)c3cc(C4CC4)c(Br)c(OC4CCC4)c3n2)CC1. The van der Waals surface area contributed by atoms with Crippen LogP contribution in [0.3, 0.4) is 0 Å². The third-order valence-electron chi connectivity index (χ3n) is 10.3. The Kier molecular flexibility index (Phi) is 8.13. The van der Waals surface area contributed by atoms with Crippen LogP contribution >= 0.6 is 15.9 Å². The zero-order valence-electron chi connectivity index (χ0n) is 26.9. The third-order valence-corrected chi connectivity index (χ3v) is 11.1. The molecule has 1 spiro atoms. The summed E-state index contributed by atoms with van der Waals surface area (Å²) in [5.41, 5.74) is 1.86. The van der Waals surface area contributed by atoms with Crippen molar-refractivity contribution >= 4 is 38.7 Å². The number of nitrogens with zero attached hydrogens (tertiary/aromatic N) is 5. The van der Waals surface area contributed by atoms with E-state index >= 15 is 0 Å². The third kappa shape index (κ3) is 6.22. The Morgan fingerprint density at radius 1 is 0.977 bits per heavy atom. The van der Waals surface area contributed by atoms with Gasteiger partial charge in [0.25, 0.3) is 0 Å². The van der Waals surface area contributed by atoms with Gasteiger partial charge in [0, 0.05) is 50.1 Å². The predicted molar refractivity (Wildman–Crippen MR) is 175 cm³/mol. The van der Waals surface area contributed by atoms with Crippen LogP contribution in [0, 0.1) is 5.41 Å². The smallest absolute Gasteiger partial charge is 0.410 e. The largest absolute Gasteiger partial charge is 0.487 e. The summed E-state index contributed by atoms with van der Waals surface area (Å²) in [6.07, 6.45) is 9.98. The Labute approximate surface area is 270 Å². The van der Waals surface area contributed by atoms with Gasteiger partial charge in [-0.3, -0.25) is 0 Å². The Morgan fingerprint density at radius 3 is 2.25 bits per heavy atom. The van der Waals surface area contributed by atoms with Gasteiger partial charge in [0.05, 0.1) is 10.6 Å². The second-order valence-electron chi connectivity index (χ2n) is 14.9. The molecule has 0 N–H and O–H groups in total. The highest BCUT2D eigenvalue weighted by Crippen LogP contribution is 2.51. The second kappa shape index (κ2) is 11.8. The van der Waals surface area contributed by atoms with Crippen LogP contribution in [0.2, 0.25) is 0 Å². The number of carbonyl (C=O) groups excluding carboxylic acids is 1. The second-order valence-corrected chi connectivity index (χ2v) is 15.6. The number of aromatic nitrogens is 2. The van der Waals surface area contributed by atoms with Crippen LogP contribution in [-0.2, 0) is 4.74 Å². The quantitative estimate of drug-likeness (QED) is 0.315. The number of likely N-dealkylation sites (tertiary alicyclic amines) is 2. The summed E-state index contributed by atoms with van der Waals surface area (Å²) in [4.78, 5) is 29.6. The first-order chi connectivity index (χ1) is 21.1. The van der Waals surface area contributed by atoms with Gasteiger partial charge >= 0.3 is 12.1 Å². The van der Waals surface area contributed by atoms with E-state index in [9.17, 15) is 4.79 Å². The van der Waals surface area contributed by atoms with Crippen LogP contribution in [0.15, 0.2) is 10.5 Å². The number of benzene rings is 1. The van der Waals surface area contributed by atoms with E-state index in [4.69, 9.17) is 24.2 Å². The Bertz CT molecular complexity index is 1380. The Morgan fingerprint density at radius 2 is 1.66 bits per heavy atom. The van der Waals surface area contributed by atoms with E-state index in [0.29, 0.717) is 11.9 Å². The van der Waals surface area contributed by atoms with Gasteiger partial charge < -0.3 is 28.9 Å². The van der Waals surface area contributed by atoms with Gasteiger partial charge in [0.2, 0.25) is 0 Å². The molecule has 1 aromatic heterocycles. The van der Waals surface area contributed by atoms with Crippen molar-refractivity contribution in [1.29, 1.82) is 0 Å². The zero-order valence-corrected chi connectivity index (χ0v) is 28.5. The van der Waals surface area contributed by atoms with Crippen LogP contribution in [0.25, 0.3) is 10.9 Å². The van der Waals surface area contributed by atoms with Crippen LogP contribution in [-0.4, -0.2) is 89.5 Å². The molecule has 4 heterocycles. The highest BCUT2D eigenvalue weighted by atomic mass is 79.9. The van der Waals surface area contributed by atoms with Gasteiger partial charge in [-0.05, 0) is 119 Å². The van der Waals surface area contributed by atoms with E-state index in [1.54, 1.807) is 0 Å². The number of rotatable bonds is 7. The zero-order chi connectivity index (χ0) is 30.6. The average Bonchev–Trinajstić information content (AvgIpc) is 3.79. The number of halogens is 1. The van der Waals surface area contributed by atoms with Crippen LogP contribution in [0.1, 0.15) is 97.0 Å². The molecule has 0 unspecified atom stereocenters. The molecular weight excluding hydrogens is 622 g/mol. The molecule has 0 bridgehead atoms. The van der Waals surface area contributed by atoms with Crippen molar-refractivity contribution in [1.82, 2.24) is 19.8 Å². The molecule has 44 heavy (non-hydrogen) atoms. The minimum absolute atomic E-state index is 0.117. The monoisotopic (exact) mass is 669 g/mol. The van der Waals surface area contributed by atoms with Crippen LogP contribution in [0.5, 0.6) is 11.8 Å². The maximum absolute atomic E-state index is 12.6. The van der Waals surface area contributed by atoms with Crippen molar-refractivity contribution in [3.63, 3.8) is 0 Å². The summed E-state index contributed by atoms with van der Waals surface area (Å²) in [5, 5.41) is 1.07. The molecule has 1 aromatic carbocycles. The number of hydrogen-bond donors (Lipinski definition) is 0. The lowest BCUT2D eigenvalue weighted by Crippen LogP contribution is -2.62. The van der Waals surface area contributed by atoms with Crippen LogP contribution in [0.4, 0.5) is 10.6 Å². The molecule has 240 valence electrons. The molecule has 7 rings (SSSR count). The number of amides is 1. The minimum Gasteiger partial charge on any atom is -0.487 e. The lowest BCUT2D eigenvalue weighted by atomic mass is 9.72. The molecular formula is C34H48BrN5O4. The van der Waals surface area contributed by atoms with Crippen molar-refractivity contribution in [3.8, 4) is 11.8 Å². The molecule has 9 nitrogen and oxygen atoms in total. The van der Waals surface area contributed by atoms with Crippen LogP contribution < -0.4 is 14.4 Å². The minimum atomic E-state index is -0.473. The first kappa shape index (κ1) is 30.3. The van der Waals surface area contributed by atoms with E-state index in [-0.39, 0.29) is 23.7 Å². The summed E-state index contributed by atoms with van der Waals surface area (Å²) in [5.74, 6) is 2.38. The van der Waals surface area contributed by atoms with Gasteiger partial charge in [0.1, 0.15) is 23.0 Å². The maximum Gasteiger partial charge on any atom is 0.410 e. The average molecular weight is 671 g/mol. The lowest BCUT2D eigenvalue weighted by Gasteiger charge is -2.53. The lowest BCUT2D eigenvalue weighted by molar-refractivity contribution is -0.0434. The fourth-order valence-corrected chi connectivity index (χ4v) is 7.89. The topological polar surface area (TPSA) is 80.3 Å². The Hall–Kier alpha value is -2.33. The summed E-state index contributed by atoms with van der Waals surface area (Å²) in [6.45, 7) is 14.5. The molecule has 5 fully saturated rings. The van der Waals surface area contributed by atoms with Crippen molar-refractivity contribution in [3.05, 3.63) is 16.1 Å². The predicted octanol–water partition coefficient (Wildman–Crippen LogP) is 6.90. The molecule has 2 aromatic rings. The molecule has 2 saturated carbocycles. The van der Waals surface area contributed by atoms with Gasteiger partial charge in [-0.2, -0.15) is 9.97 Å². The number of fused-ring (bicyclic) bond motifs is 1. The van der Waals surface area contributed by atoms with E-state index < -0.39 is 5.60 Å². The van der Waals surface area contributed by atoms with Crippen molar-refractivity contribution in [2.75, 3.05) is 50.7 Å². The molecule has 2 aliphatic carbocycles. The molecule has 0 radical (unpaired) electrons. The molecule has 3 saturated heterocycles. The normalized spacial score (nSPS) is 23.0. The van der Waals surface area contributed by atoms with Crippen molar-refractivity contribution in [2.24, 2.45) is 5.41 Å². The highest BCUT2D eigenvalue weighted by Gasteiger charge is 2.48. The molecule has 0 atom stereocenters. The summed E-state index contributed by atoms with van der Waals surface area (Å²) < 4.78 is 19.9. The first-order valence-electron chi connectivity index (χ1n) is 16.9. The van der Waals surface area contributed by atoms with Crippen molar-refractivity contribution < 1.29 is 19.0 Å². The van der Waals surface area contributed by atoms with E-state index in [1.165, 1.54) is 24.8 Å². The van der Waals surface area contributed by atoms with E-state index in [0.717, 1.165) is 111 Å². The summed E-state index contributed by atoms with van der Waals surface area (Å²) in [6, 6.07) is 2.79. The number of piperidine rings is 2. The standard InChI is InChI=1S/C34H48BrN5O4/c1-5-38-15-11-24(12-16-38)43-31-36-28-26(19-25(22-9-10-22)27(35)29(28)42-23-7-6-8-23)30(37-31)39-17-13-34(14-18-39)20-40(21-34)32(41)44-33(2,3)4/h19,22-24H,5-18,20-21H2,1-4H3. The molecule has 1 amide bonds. The first-order valence-corrected chi connectivity index (χ1v) is 17.7. The summed E-state index contributed by atoms with van der Waals surface area (Å²) in [7, 11) is 0. The van der Waals surface area contributed by atoms with E-state index in [1.807, 2.05) is 25.7 Å². The van der Waals surface area contributed by atoms with Crippen molar-refractivity contribution in [2.45, 2.75) is 109 Å². The number of ether oxygens (including phenoxy) is 3. The van der Waals surface area contributed by atoms with Gasteiger partial charge in [-0.1, -0.05) is 6.92 Å². The van der Waals surface area contributed by atoms with Gasteiger partial charge in [0.15, 0.2) is 5.75 Å². The maximum atomic E-state index is 12.6. The van der Waals surface area contributed by atoms with E-state index in [2.05, 4.69) is 38.7 Å². The van der Waals surface area contributed by atoms with Gasteiger partial charge in [-0.15, -0.1) is 0 Å². The highest BCUT2D eigenvalue weighted by molar-refractivity contribution is 9.10. The molecule has 5 aliphatic rings. The fourth-order valence-electron chi connectivity index (χ4n) is 7.17. The van der Waals surface area contributed by atoms with Gasteiger partial charge in [-0.25, -0.2) is 4.79 Å².